The van der Waals surface area contributed by atoms with E-state index < -0.39 is 34.8 Å². The van der Waals surface area contributed by atoms with Crippen molar-refractivity contribution in [2.24, 2.45) is 17.8 Å². The summed E-state index contributed by atoms with van der Waals surface area (Å²) in [4.78, 5) is 85.5. The lowest BCUT2D eigenvalue weighted by Crippen LogP contribution is -2.27. The van der Waals surface area contributed by atoms with Gasteiger partial charge in [0.15, 0.2) is 5.12 Å². The lowest BCUT2D eigenvalue weighted by molar-refractivity contribution is -0.148. The maximum atomic E-state index is 13.0. The van der Waals surface area contributed by atoms with Crippen LogP contribution in [0.2, 0.25) is 0 Å². The Morgan fingerprint density at radius 1 is 0.769 bits per heavy atom. The molecule has 0 heterocycles. The molecule has 0 aliphatic carbocycles. The highest BCUT2D eigenvalue weighted by atomic mass is 32.2. The smallest absolute Gasteiger partial charge is 0.315 e. The van der Waals surface area contributed by atoms with E-state index in [1.807, 2.05) is 0 Å². The molecule has 0 spiro atoms. The van der Waals surface area contributed by atoms with Crippen LogP contribution in [0.1, 0.15) is 57.3 Å². The third kappa shape index (κ3) is 13.0. The molecule has 0 aromatic heterocycles. The summed E-state index contributed by atoms with van der Waals surface area (Å²) in [6.07, 6.45) is -0.207. The van der Waals surface area contributed by atoms with Crippen LogP contribution >= 0.6 is 36.2 Å². The molecule has 0 saturated heterocycles. The molecule has 12 heteroatoms. The Balaban J connectivity index is 2.98. The molecule has 9 nitrogen and oxygen atoms in total. The molecule has 0 N–H and O–H groups in total. The highest BCUT2D eigenvalue weighted by molar-refractivity contribution is 8.14. The molecule has 0 radical (unpaired) electrons. The molecule has 0 fully saturated rings. The third-order valence-corrected chi connectivity index (χ3v) is 7.95. The number of carbonyl (C=O) groups excluding carboxylic acids is 7. The number of para-hydroxylation sites is 1. The van der Waals surface area contributed by atoms with Crippen LogP contribution in [-0.2, 0) is 33.5 Å². The third-order valence-electron chi connectivity index (χ3n) is 5.27. The average Bonchev–Trinajstić information content (AvgIpc) is 2.86. The van der Waals surface area contributed by atoms with E-state index in [1.54, 1.807) is 19.1 Å². The Labute approximate surface area is 242 Å². The maximum Gasteiger partial charge on any atom is 0.315 e. The minimum Gasteiger partial charge on any atom is -0.466 e. The largest absolute Gasteiger partial charge is 0.466 e. The fourth-order valence-electron chi connectivity index (χ4n) is 3.41. The Bertz CT molecular complexity index is 1070. The van der Waals surface area contributed by atoms with Crippen LogP contribution in [0.4, 0.5) is 0 Å². The summed E-state index contributed by atoms with van der Waals surface area (Å²) in [6.45, 7) is 5.82. The van der Waals surface area contributed by atoms with Crippen molar-refractivity contribution in [3.05, 3.63) is 29.8 Å². The standard InChI is InChI=1S/C27H34O9S3/c1-5-35-24(31)20(11-17(3)29)14-39-27(34)22-8-6-7-9-23(22)36-25(32)21(12-18(4)30)15-38-26(33)19(13-37)10-16(2)28/h6-9,19-21,37H,5,10-15H2,1-4H3. The maximum absolute atomic E-state index is 13.0. The number of benzene rings is 1. The summed E-state index contributed by atoms with van der Waals surface area (Å²) in [5.74, 6) is -4.30. The number of ether oxygens (including phenoxy) is 2. The van der Waals surface area contributed by atoms with Crippen molar-refractivity contribution in [3.8, 4) is 5.75 Å². The number of thiol groups is 1. The van der Waals surface area contributed by atoms with Gasteiger partial charge in [0.25, 0.3) is 0 Å². The summed E-state index contributed by atoms with van der Waals surface area (Å²) in [5, 5.41) is -0.792. The normalized spacial score (nSPS) is 13.1. The zero-order valence-corrected chi connectivity index (χ0v) is 25.0. The number of esters is 2. The molecule has 39 heavy (non-hydrogen) atoms. The van der Waals surface area contributed by atoms with Gasteiger partial charge in [0.1, 0.15) is 23.1 Å². The first kappa shape index (κ1) is 34.6. The molecular formula is C27H34O9S3. The second-order valence-electron chi connectivity index (χ2n) is 8.89. The van der Waals surface area contributed by atoms with Gasteiger partial charge in [0.2, 0.25) is 5.12 Å². The second kappa shape index (κ2) is 18.0. The lowest BCUT2D eigenvalue weighted by atomic mass is 10.1. The highest BCUT2D eigenvalue weighted by Gasteiger charge is 2.28. The highest BCUT2D eigenvalue weighted by Crippen LogP contribution is 2.28. The molecule has 0 amide bonds. The minimum atomic E-state index is -0.964. The van der Waals surface area contributed by atoms with Gasteiger partial charge in [-0.25, -0.2) is 0 Å². The van der Waals surface area contributed by atoms with Gasteiger partial charge in [-0.05, 0) is 39.8 Å². The van der Waals surface area contributed by atoms with Gasteiger partial charge in [-0.3, -0.25) is 19.2 Å². The van der Waals surface area contributed by atoms with Gasteiger partial charge in [-0.1, -0.05) is 35.7 Å². The number of carbonyl (C=O) groups is 7. The zero-order chi connectivity index (χ0) is 29.5. The number of thioether (sulfide) groups is 2. The van der Waals surface area contributed by atoms with Gasteiger partial charge in [0, 0.05) is 42.4 Å². The van der Waals surface area contributed by atoms with Crippen LogP contribution in [0.5, 0.6) is 5.75 Å². The van der Waals surface area contributed by atoms with Gasteiger partial charge in [-0.2, -0.15) is 12.6 Å². The van der Waals surface area contributed by atoms with E-state index in [1.165, 1.54) is 32.9 Å². The molecule has 214 valence electrons. The molecule has 3 unspecified atom stereocenters. The molecule has 1 aromatic rings. The minimum absolute atomic E-state index is 0.00217. The lowest BCUT2D eigenvalue weighted by Gasteiger charge is -2.17. The van der Waals surface area contributed by atoms with Crippen molar-refractivity contribution >= 4 is 75.7 Å². The van der Waals surface area contributed by atoms with E-state index in [4.69, 9.17) is 9.47 Å². The number of hydrogen-bond acceptors (Lipinski definition) is 12. The van der Waals surface area contributed by atoms with E-state index in [0.717, 1.165) is 23.5 Å². The van der Waals surface area contributed by atoms with Crippen LogP contribution < -0.4 is 4.74 Å². The van der Waals surface area contributed by atoms with Gasteiger partial charge >= 0.3 is 11.9 Å². The van der Waals surface area contributed by atoms with Crippen LogP contribution in [0, 0.1) is 17.8 Å². The van der Waals surface area contributed by atoms with E-state index in [9.17, 15) is 33.6 Å². The van der Waals surface area contributed by atoms with Crippen molar-refractivity contribution in [3.63, 3.8) is 0 Å². The van der Waals surface area contributed by atoms with Gasteiger partial charge in [0.05, 0.1) is 24.0 Å². The fourth-order valence-corrected chi connectivity index (χ4v) is 5.79. The Morgan fingerprint density at radius 2 is 1.28 bits per heavy atom. The first-order valence-corrected chi connectivity index (χ1v) is 14.9. The number of ketones is 3. The SMILES string of the molecule is CCOC(=O)C(CSC(=O)c1ccccc1OC(=O)C(CSC(=O)C(CS)CC(C)=O)CC(C)=O)CC(C)=O. The number of rotatable bonds is 17. The zero-order valence-electron chi connectivity index (χ0n) is 22.4. The predicted octanol–water partition coefficient (Wildman–Crippen LogP) is 4.00. The van der Waals surface area contributed by atoms with Crippen molar-refractivity contribution < 1.29 is 43.0 Å². The van der Waals surface area contributed by atoms with Crippen LogP contribution in [0.25, 0.3) is 0 Å². The monoisotopic (exact) mass is 598 g/mol. The van der Waals surface area contributed by atoms with Gasteiger partial charge in [-0.15, -0.1) is 0 Å². The first-order chi connectivity index (χ1) is 18.4. The second-order valence-corrected chi connectivity index (χ2v) is 11.3. The molecule has 0 bridgehead atoms. The molecule has 0 saturated carbocycles. The fraction of sp³-hybridized carbons (Fsp3) is 0.519. The van der Waals surface area contributed by atoms with Crippen molar-refractivity contribution in [1.29, 1.82) is 0 Å². The number of Topliss-reactive ketones (excluding diaryl/α,β-unsaturated/α-hetero) is 3. The Morgan fingerprint density at radius 3 is 1.82 bits per heavy atom. The van der Waals surface area contributed by atoms with Crippen molar-refractivity contribution in [2.75, 3.05) is 23.9 Å². The Kier molecular flexibility index (Phi) is 16.0. The summed E-state index contributed by atoms with van der Waals surface area (Å²) in [7, 11) is 0. The first-order valence-electron chi connectivity index (χ1n) is 12.3. The molecular weight excluding hydrogens is 564 g/mol. The summed E-state index contributed by atoms with van der Waals surface area (Å²) < 4.78 is 10.5. The molecule has 3 atom stereocenters. The summed E-state index contributed by atoms with van der Waals surface area (Å²) in [6, 6.07) is 6.03. The van der Waals surface area contributed by atoms with E-state index >= 15 is 0 Å². The van der Waals surface area contributed by atoms with Crippen molar-refractivity contribution in [1.82, 2.24) is 0 Å². The van der Waals surface area contributed by atoms with E-state index in [0.29, 0.717) is 0 Å². The summed E-state index contributed by atoms with van der Waals surface area (Å²) >= 11 is 5.76. The quantitative estimate of drug-likeness (QED) is 0.158. The van der Waals surface area contributed by atoms with Crippen LogP contribution in [0.3, 0.4) is 0 Å². The van der Waals surface area contributed by atoms with E-state index in [2.05, 4.69) is 12.6 Å². The Hall–Kier alpha value is -2.44. The van der Waals surface area contributed by atoms with Crippen molar-refractivity contribution in [2.45, 2.75) is 47.0 Å². The van der Waals surface area contributed by atoms with E-state index in [-0.39, 0.29) is 76.9 Å². The predicted molar refractivity (Wildman–Crippen MR) is 153 cm³/mol. The number of hydrogen-bond donors (Lipinski definition) is 1. The molecule has 1 rings (SSSR count). The topological polar surface area (TPSA) is 138 Å². The van der Waals surface area contributed by atoms with Gasteiger partial charge < -0.3 is 23.9 Å². The molecule has 0 aliphatic rings. The van der Waals surface area contributed by atoms with Crippen LogP contribution in [-0.4, -0.2) is 63.4 Å². The van der Waals surface area contributed by atoms with Crippen LogP contribution in [0.15, 0.2) is 24.3 Å². The average molecular weight is 599 g/mol. The summed E-state index contributed by atoms with van der Waals surface area (Å²) in [5.41, 5.74) is 0.0724. The molecule has 0 aliphatic heterocycles. The molecule has 1 aromatic carbocycles.